The van der Waals surface area contributed by atoms with Crippen LogP contribution in [0.15, 0.2) is 18.2 Å². The van der Waals surface area contributed by atoms with Gasteiger partial charge in [-0.15, -0.1) is 0 Å². The van der Waals surface area contributed by atoms with E-state index in [-0.39, 0.29) is 11.8 Å². The van der Waals surface area contributed by atoms with Gasteiger partial charge >= 0.3 is 0 Å². The lowest BCUT2D eigenvalue weighted by molar-refractivity contribution is 0.369. The molecule has 1 aromatic rings. The molecular weight excluding hydrogens is 241 g/mol. The highest BCUT2D eigenvalue weighted by molar-refractivity contribution is 6.33. The van der Waals surface area contributed by atoms with Gasteiger partial charge in [0.25, 0.3) is 0 Å². The topological polar surface area (TPSA) is 23.8 Å². The van der Waals surface area contributed by atoms with E-state index in [1.54, 1.807) is 6.07 Å². The van der Waals surface area contributed by atoms with Crippen molar-refractivity contribution in [2.75, 3.05) is 0 Å². The van der Waals surface area contributed by atoms with E-state index in [9.17, 15) is 0 Å². The van der Waals surface area contributed by atoms with Crippen molar-refractivity contribution in [2.24, 2.45) is 5.92 Å². The molecule has 0 aromatic heterocycles. The number of halogens is 2. The largest absolute Gasteiger partial charge is 0.198 e. The quantitative estimate of drug-likeness (QED) is 0.706. The second-order valence-corrected chi connectivity index (χ2v) is 5.14. The van der Waals surface area contributed by atoms with Crippen LogP contribution in [-0.2, 0) is 0 Å². The van der Waals surface area contributed by atoms with Crippen LogP contribution in [0, 0.1) is 17.2 Å². The lowest BCUT2D eigenvalue weighted by Crippen LogP contribution is -2.16. The predicted molar refractivity (Wildman–Crippen MR) is 66.8 cm³/mol. The molecule has 1 aromatic carbocycles. The van der Waals surface area contributed by atoms with Gasteiger partial charge in [0.15, 0.2) is 0 Å². The molecule has 1 aliphatic rings. The van der Waals surface area contributed by atoms with Crippen molar-refractivity contribution in [1.82, 2.24) is 0 Å². The van der Waals surface area contributed by atoms with Gasteiger partial charge in [-0.1, -0.05) is 36.0 Å². The molecule has 0 N–H and O–H groups in total. The van der Waals surface area contributed by atoms with Gasteiger partial charge in [0.1, 0.15) is 0 Å². The first-order chi connectivity index (χ1) is 7.72. The highest BCUT2D eigenvalue weighted by Gasteiger charge is 2.27. The molecule has 0 heterocycles. The van der Waals surface area contributed by atoms with E-state index < -0.39 is 0 Å². The van der Waals surface area contributed by atoms with Crippen LogP contribution in [0.4, 0.5) is 0 Å². The highest BCUT2D eigenvalue weighted by Crippen LogP contribution is 2.40. The zero-order valence-electron chi connectivity index (χ0n) is 8.92. The van der Waals surface area contributed by atoms with Crippen LogP contribution in [0.1, 0.15) is 37.2 Å². The number of hydrogen-bond acceptors (Lipinski definition) is 1. The van der Waals surface area contributed by atoms with Crippen LogP contribution in [0.2, 0.25) is 10.0 Å². The molecule has 3 heteroatoms. The minimum Gasteiger partial charge on any atom is -0.198 e. The molecule has 2 atom stereocenters. The molecule has 1 fully saturated rings. The van der Waals surface area contributed by atoms with Crippen LogP contribution in [0.25, 0.3) is 0 Å². The molecular formula is C13H13Cl2N. The predicted octanol–water partition coefficient (Wildman–Crippen LogP) is 4.79. The van der Waals surface area contributed by atoms with Crippen molar-refractivity contribution in [3.8, 4) is 6.07 Å². The van der Waals surface area contributed by atoms with E-state index in [2.05, 4.69) is 6.07 Å². The van der Waals surface area contributed by atoms with Gasteiger partial charge in [0.2, 0.25) is 0 Å². The van der Waals surface area contributed by atoms with E-state index in [0.717, 1.165) is 29.8 Å². The molecule has 0 saturated heterocycles. The van der Waals surface area contributed by atoms with E-state index in [4.69, 9.17) is 28.5 Å². The Labute approximate surface area is 106 Å². The first-order valence-corrected chi connectivity index (χ1v) is 6.32. The summed E-state index contributed by atoms with van der Waals surface area (Å²) in [6, 6.07) is 7.92. The third-order valence-corrected chi connectivity index (χ3v) is 3.87. The third kappa shape index (κ3) is 2.34. The zero-order valence-corrected chi connectivity index (χ0v) is 10.4. The molecule has 1 aliphatic carbocycles. The lowest BCUT2D eigenvalue weighted by atomic mass is 9.76. The van der Waals surface area contributed by atoms with Crippen LogP contribution < -0.4 is 0 Å². The van der Waals surface area contributed by atoms with Gasteiger partial charge in [-0.25, -0.2) is 0 Å². The third-order valence-electron chi connectivity index (χ3n) is 3.29. The Bertz CT molecular complexity index is 422. The monoisotopic (exact) mass is 253 g/mol. The summed E-state index contributed by atoms with van der Waals surface area (Å²) in [6.07, 6.45) is 4.33. The van der Waals surface area contributed by atoms with Crippen molar-refractivity contribution in [1.29, 1.82) is 5.26 Å². The van der Waals surface area contributed by atoms with E-state index in [0.29, 0.717) is 5.02 Å². The lowest BCUT2D eigenvalue weighted by Gasteiger charge is -2.27. The van der Waals surface area contributed by atoms with Gasteiger partial charge in [-0.2, -0.15) is 5.26 Å². The van der Waals surface area contributed by atoms with E-state index in [1.165, 1.54) is 6.42 Å². The molecule has 0 spiro atoms. The van der Waals surface area contributed by atoms with Crippen LogP contribution in [0.3, 0.4) is 0 Å². The van der Waals surface area contributed by atoms with Crippen molar-refractivity contribution in [3.63, 3.8) is 0 Å². The maximum Gasteiger partial charge on any atom is 0.0662 e. The Morgan fingerprint density at radius 2 is 1.94 bits per heavy atom. The smallest absolute Gasteiger partial charge is 0.0662 e. The van der Waals surface area contributed by atoms with Crippen molar-refractivity contribution >= 4 is 23.2 Å². The number of rotatable bonds is 1. The molecule has 2 unspecified atom stereocenters. The average molecular weight is 254 g/mol. The minimum absolute atomic E-state index is 0.0877. The van der Waals surface area contributed by atoms with Gasteiger partial charge in [0.05, 0.1) is 12.0 Å². The van der Waals surface area contributed by atoms with Gasteiger partial charge in [-0.3, -0.25) is 0 Å². The summed E-state index contributed by atoms with van der Waals surface area (Å²) in [6.45, 7) is 0. The minimum atomic E-state index is 0.0877. The molecule has 84 valence electrons. The van der Waals surface area contributed by atoms with Crippen LogP contribution in [0.5, 0.6) is 0 Å². The molecule has 16 heavy (non-hydrogen) atoms. The number of benzene rings is 1. The van der Waals surface area contributed by atoms with Crippen molar-refractivity contribution in [2.45, 2.75) is 31.6 Å². The summed E-state index contributed by atoms with van der Waals surface area (Å²) in [5.74, 6) is 0.342. The summed E-state index contributed by atoms with van der Waals surface area (Å²) in [5.41, 5.74) is 1.04. The number of nitriles is 1. The highest BCUT2D eigenvalue weighted by atomic mass is 35.5. The number of nitrogens with zero attached hydrogens (tertiary/aromatic N) is 1. The fraction of sp³-hybridized carbons (Fsp3) is 0.462. The van der Waals surface area contributed by atoms with Gasteiger partial charge < -0.3 is 0 Å². The van der Waals surface area contributed by atoms with Crippen molar-refractivity contribution < 1.29 is 0 Å². The maximum atomic E-state index is 9.16. The summed E-state index contributed by atoms with van der Waals surface area (Å²) < 4.78 is 0. The van der Waals surface area contributed by atoms with Gasteiger partial charge in [-0.05, 0) is 36.6 Å². The number of hydrogen-bond donors (Lipinski definition) is 0. The Morgan fingerprint density at radius 1 is 1.19 bits per heavy atom. The van der Waals surface area contributed by atoms with Crippen LogP contribution >= 0.6 is 23.2 Å². The fourth-order valence-electron chi connectivity index (χ4n) is 2.46. The molecule has 0 radical (unpaired) electrons. The Morgan fingerprint density at radius 3 is 2.69 bits per heavy atom. The zero-order chi connectivity index (χ0) is 11.5. The molecule has 1 saturated carbocycles. The molecule has 0 aliphatic heterocycles. The SMILES string of the molecule is N#CC1CCCCC1c1cc(Cl)ccc1Cl. The fourth-order valence-corrected chi connectivity index (χ4v) is 2.89. The summed E-state index contributed by atoms with van der Waals surface area (Å²) in [7, 11) is 0. The Balaban J connectivity index is 2.34. The second kappa shape index (κ2) is 5.08. The molecule has 0 bridgehead atoms. The first kappa shape index (κ1) is 11.8. The van der Waals surface area contributed by atoms with Gasteiger partial charge in [0, 0.05) is 16.0 Å². The normalized spacial score (nSPS) is 25.1. The standard InChI is InChI=1S/C13H13Cl2N/c14-10-5-6-13(15)12(7-10)11-4-2-1-3-9(11)8-16/h5-7,9,11H,1-4H2. The van der Waals surface area contributed by atoms with Crippen molar-refractivity contribution in [3.05, 3.63) is 33.8 Å². The van der Waals surface area contributed by atoms with E-state index in [1.807, 2.05) is 12.1 Å². The molecule has 1 nitrogen and oxygen atoms in total. The molecule has 0 amide bonds. The average Bonchev–Trinajstić information content (AvgIpc) is 2.32. The summed E-state index contributed by atoms with van der Waals surface area (Å²) in [5, 5.41) is 10.6. The Hall–Kier alpha value is -0.710. The summed E-state index contributed by atoms with van der Waals surface area (Å²) in [4.78, 5) is 0. The maximum absolute atomic E-state index is 9.16. The van der Waals surface area contributed by atoms with E-state index >= 15 is 0 Å². The Kier molecular flexibility index (Phi) is 3.74. The summed E-state index contributed by atoms with van der Waals surface area (Å²) >= 11 is 12.2. The first-order valence-electron chi connectivity index (χ1n) is 5.57. The molecule has 2 rings (SSSR count). The van der Waals surface area contributed by atoms with Crippen LogP contribution in [-0.4, -0.2) is 0 Å². The second-order valence-electron chi connectivity index (χ2n) is 4.29.